The number of carbonyl (C=O) groups excluding carboxylic acids is 2. The lowest BCUT2D eigenvalue weighted by atomic mass is 9.97. The highest BCUT2D eigenvalue weighted by Gasteiger charge is 2.22. The summed E-state index contributed by atoms with van der Waals surface area (Å²) in [5.74, 6) is 0.651. The van der Waals surface area contributed by atoms with Crippen molar-refractivity contribution in [3.63, 3.8) is 0 Å². The second kappa shape index (κ2) is 16.5. The average Bonchev–Trinajstić information content (AvgIpc) is 2.98. The minimum atomic E-state index is -0.599. The fraction of sp³-hybridized carbons (Fsp3) is 0.412. The van der Waals surface area contributed by atoms with Gasteiger partial charge >= 0.3 is 11.9 Å². The third kappa shape index (κ3) is 9.06. The van der Waals surface area contributed by atoms with Gasteiger partial charge in [0.2, 0.25) is 0 Å². The third-order valence-corrected chi connectivity index (χ3v) is 6.41. The van der Waals surface area contributed by atoms with Gasteiger partial charge in [0.05, 0.1) is 26.4 Å². The van der Waals surface area contributed by atoms with Gasteiger partial charge in [0.25, 0.3) is 0 Å². The van der Waals surface area contributed by atoms with E-state index in [0.717, 1.165) is 32.7 Å². The highest BCUT2D eigenvalue weighted by molar-refractivity contribution is 6.11. The van der Waals surface area contributed by atoms with Gasteiger partial charge in [-0.05, 0) is 26.0 Å². The van der Waals surface area contributed by atoms with Crippen molar-refractivity contribution in [2.75, 3.05) is 39.6 Å². The first-order valence-electron chi connectivity index (χ1n) is 14.3. The number of aryl methyl sites for hydroxylation is 2. The summed E-state index contributed by atoms with van der Waals surface area (Å²) in [6, 6.07) is 12.1. The standard InChI is InChI=1S/C34H42O8/c1-7-15-37-19-25(41-31(35)9-3)21-39-33-27-13-11-24(6)18-30(27)34(28-14-12-23(5)17-29(28)33)40-22-26(20-38-16-8-2)42-32(36)10-4/h7-8,11-14,17-18,25-26H,1-2,9-10,15-16,19-22H2,3-6H3. The highest BCUT2D eigenvalue weighted by Crippen LogP contribution is 2.43. The Hall–Kier alpha value is -3.88. The number of hydrogen-bond acceptors (Lipinski definition) is 8. The molecule has 0 N–H and O–H groups in total. The maximum Gasteiger partial charge on any atom is 0.305 e. The van der Waals surface area contributed by atoms with Crippen LogP contribution in [0.4, 0.5) is 0 Å². The van der Waals surface area contributed by atoms with Crippen LogP contribution in [0, 0.1) is 13.8 Å². The van der Waals surface area contributed by atoms with Gasteiger partial charge in [-0.2, -0.15) is 0 Å². The summed E-state index contributed by atoms with van der Waals surface area (Å²) in [4.78, 5) is 24.2. The predicted molar refractivity (Wildman–Crippen MR) is 164 cm³/mol. The summed E-state index contributed by atoms with van der Waals surface area (Å²) < 4.78 is 35.2. The molecule has 0 radical (unpaired) electrons. The van der Waals surface area contributed by atoms with Crippen molar-refractivity contribution in [1.82, 2.24) is 0 Å². The first-order chi connectivity index (χ1) is 20.3. The van der Waals surface area contributed by atoms with Gasteiger partial charge in [-0.3, -0.25) is 9.59 Å². The summed E-state index contributed by atoms with van der Waals surface area (Å²) >= 11 is 0. The maximum absolute atomic E-state index is 12.1. The van der Waals surface area contributed by atoms with Crippen molar-refractivity contribution in [2.24, 2.45) is 0 Å². The normalized spacial score (nSPS) is 12.5. The molecule has 0 aromatic heterocycles. The lowest BCUT2D eigenvalue weighted by molar-refractivity contribution is -0.154. The van der Waals surface area contributed by atoms with Gasteiger partial charge in [0.1, 0.15) is 24.7 Å². The van der Waals surface area contributed by atoms with E-state index in [1.54, 1.807) is 26.0 Å². The van der Waals surface area contributed by atoms with Gasteiger partial charge in [0.15, 0.2) is 12.2 Å². The second-order valence-corrected chi connectivity index (χ2v) is 9.96. The first kappa shape index (κ1) is 32.6. The summed E-state index contributed by atoms with van der Waals surface area (Å²) in [5, 5.41) is 3.37. The van der Waals surface area contributed by atoms with Crippen molar-refractivity contribution < 1.29 is 38.0 Å². The highest BCUT2D eigenvalue weighted by atomic mass is 16.6. The Morgan fingerprint density at radius 1 is 0.667 bits per heavy atom. The molecule has 3 aromatic rings. The molecule has 0 aliphatic heterocycles. The molecule has 0 aliphatic rings. The third-order valence-electron chi connectivity index (χ3n) is 6.41. The van der Waals surface area contributed by atoms with E-state index in [0.29, 0.717) is 24.7 Å². The van der Waals surface area contributed by atoms with Gasteiger partial charge in [-0.1, -0.05) is 61.4 Å². The largest absolute Gasteiger partial charge is 0.488 e. The second-order valence-electron chi connectivity index (χ2n) is 9.96. The Labute approximate surface area is 248 Å². The van der Waals surface area contributed by atoms with Crippen molar-refractivity contribution in [2.45, 2.75) is 52.7 Å². The van der Waals surface area contributed by atoms with Crippen LogP contribution in [-0.4, -0.2) is 63.8 Å². The van der Waals surface area contributed by atoms with E-state index in [-0.39, 0.29) is 51.2 Å². The number of rotatable bonds is 18. The molecule has 2 unspecified atom stereocenters. The Morgan fingerprint density at radius 2 is 1.07 bits per heavy atom. The Morgan fingerprint density at radius 3 is 1.43 bits per heavy atom. The predicted octanol–water partition coefficient (Wildman–Crippen LogP) is 6.42. The van der Waals surface area contributed by atoms with E-state index < -0.39 is 12.2 Å². The van der Waals surface area contributed by atoms with Crippen LogP contribution in [0.25, 0.3) is 21.5 Å². The molecule has 0 heterocycles. The van der Waals surface area contributed by atoms with Crippen molar-refractivity contribution in [3.05, 3.63) is 72.8 Å². The van der Waals surface area contributed by atoms with Crippen LogP contribution in [0.3, 0.4) is 0 Å². The molecule has 8 heteroatoms. The van der Waals surface area contributed by atoms with Crippen molar-refractivity contribution in [3.8, 4) is 11.5 Å². The summed E-state index contributed by atoms with van der Waals surface area (Å²) in [6.45, 7) is 16.1. The molecular weight excluding hydrogens is 536 g/mol. The monoisotopic (exact) mass is 578 g/mol. The average molecular weight is 579 g/mol. The van der Waals surface area contributed by atoms with Gasteiger partial charge < -0.3 is 28.4 Å². The summed E-state index contributed by atoms with van der Waals surface area (Å²) in [6.07, 6.45) is 2.59. The molecule has 0 bridgehead atoms. The van der Waals surface area contributed by atoms with E-state index in [1.807, 2.05) is 50.2 Å². The molecule has 3 rings (SSSR count). The number of carbonyl (C=O) groups is 2. The molecule has 3 aromatic carbocycles. The van der Waals surface area contributed by atoms with E-state index in [2.05, 4.69) is 13.2 Å². The molecule has 8 nitrogen and oxygen atoms in total. The van der Waals surface area contributed by atoms with Gasteiger partial charge in [-0.25, -0.2) is 0 Å². The van der Waals surface area contributed by atoms with Crippen LogP contribution in [0.5, 0.6) is 11.5 Å². The minimum absolute atomic E-state index is 0.102. The van der Waals surface area contributed by atoms with Crippen molar-refractivity contribution >= 4 is 33.5 Å². The van der Waals surface area contributed by atoms with Crippen LogP contribution >= 0.6 is 0 Å². The van der Waals surface area contributed by atoms with Gasteiger partial charge in [0, 0.05) is 34.4 Å². The fourth-order valence-corrected chi connectivity index (χ4v) is 4.38. The number of esters is 2. The molecule has 0 spiro atoms. The Balaban J connectivity index is 2.03. The minimum Gasteiger partial charge on any atom is -0.488 e. The molecule has 0 saturated carbocycles. The zero-order chi connectivity index (χ0) is 30.5. The molecular formula is C34H42O8. The number of ether oxygens (including phenoxy) is 6. The Bertz CT molecular complexity index is 1270. The summed E-state index contributed by atoms with van der Waals surface area (Å²) in [5.41, 5.74) is 2.08. The Kier molecular flexibility index (Phi) is 12.8. The summed E-state index contributed by atoms with van der Waals surface area (Å²) in [7, 11) is 0. The molecule has 0 fully saturated rings. The van der Waals surface area contributed by atoms with Crippen LogP contribution in [0.2, 0.25) is 0 Å². The molecule has 42 heavy (non-hydrogen) atoms. The van der Waals surface area contributed by atoms with E-state index in [1.165, 1.54) is 0 Å². The quantitative estimate of drug-likeness (QED) is 0.0740. The smallest absolute Gasteiger partial charge is 0.305 e. The molecule has 2 atom stereocenters. The number of benzene rings is 3. The van der Waals surface area contributed by atoms with Crippen LogP contribution in [0.15, 0.2) is 61.7 Å². The van der Waals surface area contributed by atoms with E-state index in [4.69, 9.17) is 28.4 Å². The van der Waals surface area contributed by atoms with Crippen LogP contribution in [0.1, 0.15) is 37.8 Å². The molecule has 0 aliphatic carbocycles. The lowest BCUT2D eigenvalue weighted by Crippen LogP contribution is -2.30. The molecule has 0 amide bonds. The zero-order valence-electron chi connectivity index (χ0n) is 25.1. The molecule has 226 valence electrons. The SMILES string of the molecule is C=CCOCC(COc1c2ccc(C)cc2c(OCC(COCC=C)OC(=O)CC)c2ccc(C)cc12)OC(=O)CC. The molecule has 0 saturated heterocycles. The van der Waals surface area contributed by atoms with E-state index >= 15 is 0 Å². The van der Waals surface area contributed by atoms with Crippen LogP contribution in [-0.2, 0) is 28.5 Å². The lowest BCUT2D eigenvalue weighted by Gasteiger charge is -2.23. The van der Waals surface area contributed by atoms with E-state index in [9.17, 15) is 9.59 Å². The van der Waals surface area contributed by atoms with Crippen LogP contribution < -0.4 is 9.47 Å². The maximum atomic E-state index is 12.1. The number of fused-ring (bicyclic) bond motifs is 2. The van der Waals surface area contributed by atoms with Gasteiger partial charge in [-0.15, -0.1) is 13.2 Å². The first-order valence-corrected chi connectivity index (χ1v) is 14.3. The topological polar surface area (TPSA) is 89.5 Å². The fourth-order valence-electron chi connectivity index (χ4n) is 4.38. The number of hydrogen-bond donors (Lipinski definition) is 0. The van der Waals surface area contributed by atoms with Crippen molar-refractivity contribution in [1.29, 1.82) is 0 Å². The zero-order valence-corrected chi connectivity index (χ0v) is 25.1.